The summed E-state index contributed by atoms with van der Waals surface area (Å²) in [5, 5.41) is 4.35. The van der Waals surface area contributed by atoms with Gasteiger partial charge in [0.05, 0.1) is 0 Å². The largest absolute Gasteiger partial charge is 0.294 e. The average Bonchev–Trinajstić information content (AvgIpc) is 2.79. The van der Waals surface area contributed by atoms with Crippen LogP contribution in [0.15, 0.2) is 115 Å². The van der Waals surface area contributed by atoms with E-state index in [4.69, 9.17) is 11.6 Å². The van der Waals surface area contributed by atoms with Gasteiger partial charge in [0.2, 0.25) is 0 Å². The van der Waals surface area contributed by atoms with Gasteiger partial charge >= 0.3 is 0 Å². The molecule has 3 heteroatoms. The van der Waals surface area contributed by atoms with Gasteiger partial charge in [-0.1, -0.05) is 103 Å². The second-order valence-electron chi connectivity index (χ2n) is 7.11. The first-order chi connectivity index (χ1) is 14.2. The highest BCUT2D eigenvalue weighted by Gasteiger charge is 2.41. The van der Waals surface area contributed by atoms with Crippen LogP contribution >= 0.6 is 11.6 Å². The lowest BCUT2D eigenvalue weighted by molar-refractivity contribution is 0.101. The Balaban J connectivity index is 1.92. The molecular weight excluding hydrogens is 392 g/mol. The maximum atomic E-state index is 13.5. The van der Waals surface area contributed by atoms with Crippen molar-refractivity contribution in [1.82, 2.24) is 0 Å². The van der Waals surface area contributed by atoms with Crippen molar-refractivity contribution < 1.29 is 4.79 Å². The molecule has 0 spiro atoms. The quantitative estimate of drug-likeness (QED) is 0.255. The highest BCUT2D eigenvalue weighted by Crippen LogP contribution is 2.18. The van der Waals surface area contributed by atoms with Crippen LogP contribution < -0.4 is 15.6 Å². The van der Waals surface area contributed by atoms with Gasteiger partial charge in [0, 0.05) is 16.6 Å². The molecule has 0 amide bonds. The summed E-state index contributed by atoms with van der Waals surface area (Å²) in [6, 6.07) is 39.2. The lowest BCUT2D eigenvalue weighted by atomic mass is 10.1. The molecule has 1 nitrogen and oxygen atoms in total. The predicted octanol–water partition coefficient (Wildman–Crippen LogP) is 4.69. The highest BCUT2D eigenvalue weighted by atomic mass is 35.5. The second-order valence-corrected chi connectivity index (χ2v) is 11.4. The number of hydrogen-bond donors (Lipinski definition) is 0. The summed E-state index contributed by atoms with van der Waals surface area (Å²) in [6.07, 6.45) is 0. The maximum absolute atomic E-state index is 13.5. The van der Waals surface area contributed by atoms with Crippen molar-refractivity contribution in [2.75, 3.05) is 0 Å². The smallest absolute Gasteiger partial charge is 0.161 e. The van der Waals surface area contributed by atoms with Gasteiger partial charge < -0.3 is 0 Å². The molecule has 0 radical (unpaired) electrons. The number of halogens is 1. The molecule has 0 heterocycles. The first-order valence-electron chi connectivity index (χ1n) is 9.65. The summed E-state index contributed by atoms with van der Waals surface area (Å²) < 4.78 is 0. The molecule has 0 aliphatic heterocycles. The zero-order chi connectivity index (χ0) is 20.1. The Morgan fingerprint density at radius 1 is 0.586 bits per heavy atom. The van der Waals surface area contributed by atoms with Gasteiger partial charge in [-0.25, -0.2) is 0 Å². The van der Waals surface area contributed by atoms with Crippen molar-refractivity contribution in [3.05, 3.63) is 126 Å². The van der Waals surface area contributed by atoms with Crippen LogP contribution in [-0.2, 0) is 0 Å². The van der Waals surface area contributed by atoms with E-state index in [-0.39, 0.29) is 5.78 Å². The molecule has 142 valence electrons. The van der Waals surface area contributed by atoms with Gasteiger partial charge in [0.15, 0.2) is 13.9 Å². The van der Waals surface area contributed by atoms with Crippen LogP contribution in [-0.4, -0.2) is 13.9 Å². The van der Waals surface area contributed by atoms with Gasteiger partial charge in [-0.2, -0.15) is 0 Å². The summed E-state index contributed by atoms with van der Waals surface area (Å²) in [5.41, 5.74) is 0.703. The van der Waals surface area contributed by atoms with Crippen LogP contribution in [0.4, 0.5) is 0 Å². The van der Waals surface area contributed by atoms with Gasteiger partial charge in [0.25, 0.3) is 0 Å². The molecule has 0 bridgehead atoms. The lowest BCUT2D eigenvalue weighted by Gasteiger charge is -2.33. The molecule has 0 N–H and O–H groups in total. The number of rotatable bonds is 6. The van der Waals surface area contributed by atoms with E-state index in [1.54, 1.807) is 12.1 Å². The van der Waals surface area contributed by atoms with Crippen LogP contribution in [0.2, 0.25) is 11.1 Å². The zero-order valence-corrected chi connectivity index (χ0v) is 17.7. The molecule has 4 rings (SSSR count). The van der Waals surface area contributed by atoms with Gasteiger partial charge in [-0.05, 0) is 39.8 Å². The van der Waals surface area contributed by atoms with E-state index in [1.165, 1.54) is 15.6 Å². The van der Waals surface area contributed by atoms with Crippen molar-refractivity contribution in [3.8, 4) is 0 Å². The van der Waals surface area contributed by atoms with Crippen LogP contribution in [0.5, 0.6) is 0 Å². The normalized spacial score (nSPS) is 11.2. The molecule has 4 aromatic rings. The number of hydrogen-bond acceptors (Lipinski definition) is 1. The topological polar surface area (TPSA) is 17.1 Å². The van der Waals surface area contributed by atoms with Crippen molar-refractivity contribution in [1.29, 1.82) is 0 Å². The number of benzene rings is 4. The van der Waals surface area contributed by atoms with Crippen LogP contribution in [0.3, 0.4) is 0 Å². The van der Waals surface area contributed by atoms with Gasteiger partial charge in [-0.15, -0.1) is 0 Å². The van der Waals surface area contributed by atoms with Crippen molar-refractivity contribution >= 4 is 41.0 Å². The molecule has 0 fully saturated rings. The molecule has 0 saturated heterocycles. The maximum Gasteiger partial charge on any atom is 0.161 e. The Hall–Kier alpha value is -2.94. The van der Waals surface area contributed by atoms with Gasteiger partial charge in [0.1, 0.15) is 0 Å². The number of Topliss-reactive ketones (excluding diaryl/α,β-unsaturated/α-hetero) is 1. The average molecular weight is 413 g/mol. The summed E-state index contributed by atoms with van der Waals surface area (Å²) in [7, 11) is -2.57. The molecule has 0 atom stereocenters. The number of carbonyl (C=O) groups excluding carboxylic acids is 1. The molecule has 0 aliphatic carbocycles. The fraction of sp³-hybridized carbons (Fsp3) is 0.0385. The van der Waals surface area contributed by atoms with Gasteiger partial charge in [-0.3, -0.25) is 4.79 Å². The Bertz CT molecular complexity index is 981. The van der Waals surface area contributed by atoms with E-state index in [1.807, 2.05) is 30.3 Å². The SMILES string of the molecule is O=C(C[Si](c1ccccc1)(c1ccccc1)c1ccccc1)c1ccc(Cl)cc1. The van der Waals surface area contributed by atoms with Crippen molar-refractivity contribution in [2.24, 2.45) is 0 Å². The first-order valence-corrected chi connectivity index (χ1v) is 12.2. The third kappa shape index (κ3) is 3.95. The van der Waals surface area contributed by atoms with E-state index < -0.39 is 8.07 Å². The molecular formula is C26H21ClOSi. The zero-order valence-electron chi connectivity index (χ0n) is 16.0. The van der Waals surface area contributed by atoms with Crippen LogP contribution in [0, 0.1) is 0 Å². The van der Waals surface area contributed by atoms with E-state index in [0.717, 1.165) is 0 Å². The second kappa shape index (κ2) is 8.60. The van der Waals surface area contributed by atoms with Crippen molar-refractivity contribution in [3.63, 3.8) is 0 Å². The van der Waals surface area contributed by atoms with Crippen molar-refractivity contribution in [2.45, 2.75) is 6.04 Å². The highest BCUT2D eigenvalue weighted by molar-refractivity contribution is 7.13. The molecule has 0 unspecified atom stereocenters. The third-order valence-electron chi connectivity index (χ3n) is 5.39. The summed E-state index contributed by atoms with van der Waals surface area (Å²) >= 11 is 6.03. The summed E-state index contributed by atoms with van der Waals surface area (Å²) in [6.45, 7) is 0. The monoisotopic (exact) mass is 412 g/mol. The Kier molecular flexibility index (Phi) is 5.75. The molecule has 29 heavy (non-hydrogen) atoms. The Morgan fingerprint density at radius 2 is 0.966 bits per heavy atom. The minimum absolute atomic E-state index is 0.143. The summed E-state index contributed by atoms with van der Waals surface area (Å²) in [5.74, 6) is 0.143. The van der Waals surface area contributed by atoms with E-state index in [9.17, 15) is 4.79 Å². The fourth-order valence-corrected chi connectivity index (χ4v) is 8.66. The number of ketones is 1. The first kappa shape index (κ1) is 19.4. The lowest BCUT2D eigenvalue weighted by Crippen LogP contribution is -2.67. The molecule has 0 aromatic heterocycles. The van der Waals surface area contributed by atoms with E-state index in [0.29, 0.717) is 16.6 Å². The van der Waals surface area contributed by atoms with E-state index in [2.05, 4.69) is 72.8 Å². The molecule has 0 aliphatic rings. The third-order valence-corrected chi connectivity index (χ3v) is 10.5. The number of carbonyl (C=O) groups is 1. The minimum Gasteiger partial charge on any atom is -0.294 e. The standard InChI is InChI=1S/C26H21ClOSi/c27-22-18-16-21(17-19-22)26(28)20-29(23-10-4-1-5-11-23,24-12-6-2-7-13-24)25-14-8-3-9-15-25/h1-19H,20H2. The predicted molar refractivity (Wildman–Crippen MR) is 125 cm³/mol. The Morgan fingerprint density at radius 3 is 1.34 bits per heavy atom. The Labute approximate surface area is 177 Å². The minimum atomic E-state index is -2.57. The van der Waals surface area contributed by atoms with Crippen LogP contribution in [0.25, 0.3) is 0 Å². The van der Waals surface area contributed by atoms with E-state index >= 15 is 0 Å². The molecule has 4 aromatic carbocycles. The summed E-state index contributed by atoms with van der Waals surface area (Å²) in [4.78, 5) is 13.5. The van der Waals surface area contributed by atoms with Crippen LogP contribution in [0.1, 0.15) is 10.4 Å². The fourth-order valence-electron chi connectivity index (χ4n) is 3.95. The molecule has 0 saturated carbocycles.